The Morgan fingerprint density at radius 1 is 1.21 bits per heavy atom. The Balaban J connectivity index is 1.90. The summed E-state index contributed by atoms with van der Waals surface area (Å²) in [6.07, 6.45) is 4.25. The Morgan fingerprint density at radius 3 is 2.48 bits per heavy atom. The van der Waals surface area contributed by atoms with E-state index in [2.05, 4.69) is 5.32 Å². The van der Waals surface area contributed by atoms with Crippen molar-refractivity contribution >= 4 is 23.5 Å². The summed E-state index contributed by atoms with van der Waals surface area (Å²) >= 11 is 0. The van der Waals surface area contributed by atoms with Gasteiger partial charge in [-0.3, -0.25) is 19.7 Å². The second kappa shape index (κ2) is 9.99. The average molecular weight is 405 g/mol. The molecule has 0 aliphatic heterocycles. The van der Waals surface area contributed by atoms with Gasteiger partial charge in [0, 0.05) is 30.8 Å². The summed E-state index contributed by atoms with van der Waals surface area (Å²) in [5, 5.41) is 13.3. The van der Waals surface area contributed by atoms with Crippen LogP contribution in [0, 0.1) is 10.1 Å². The lowest BCUT2D eigenvalue weighted by molar-refractivity contribution is -0.384. The van der Waals surface area contributed by atoms with E-state index in [1.807, 2.05) is 0 Å². The number of esters is 1. The standard InChI is InChI=1S/C20H27N3O6/c1-13(21-18(24)15-8-7-11-17(12-15)23(27)28)20(26)29-14(2)19(25)22(3)16-9-5-4-6-10-16/h7-8,11-14,16H,4-6,9-10H2,1-3H3,(H,21,24)/t13-,14-/m1/s1. The summed E-state index contributed by atoms with van der Waals surface area (Å²) in [4.78, 5) is 48.9. The van der Waals surface area contributed by atoms with Crippen molar-refractivity contribution in [3.05, 3.63) is 39.9 Å². The summed E-state index contributed by atoms with van der Waals surface area (Å²) < 4.78 is 5.23. The number of carbonyl (C=O) groups excluding carboxylic acids is 3. The molecule has 158 valence electrons. The molecule has 2 amide bonds. The van der Waals surface area contributed by atoms with Crippen molar-refractivity contribution in [3.8, 4) is 0 Å². The van der Waals surface area contributed by atoms with E-state index in [1.165, 1.54) is 38.5 Å². The van der Waals surface area contributed by atoms with Crippen molar-refractivity contribution in [1.82, 2.24) is 10.2 Å². The highest BCUT2D eigenvalue weighted by Gasteiger charge is 2.29. The predicted octanol–water partition coefficient (Wildman–Crippen LogP) is 2.44. The highest BCUT2D eigenvalue weighted by atomic mass is 16.6. The summed E-state index contributed by atoms with van der Waals surface area (Å²) in [7, 11) is 1.72. The zero-order valence-electron chi connectivity index (χ0n) is 16.9. The van der Waals surface area contributed by atoms with Crippen molar-refractivity contribution in [1.29, 1.82) is 0 Å². The first-order chi connectivity index (χ1) is 13.7. The van der Waals surface area contributed by atoms with Crippen LogP contribution >= 0.6 is 0 Å². The Labute approximate surface area is 169 Å². The Bertz CT molecular complexity index is 775. The second-order valence-electron chi connectivity index (χ2n) is 7.32. The van der Waals surface area contributed by atoms with Gasteiger partial charge in [-0.05, 0) is 32.8 Å². The van der Waals surface area contributed by atoms with Crippen molar-refractivity contribution in [3.63, 3.8) is 0 Å². The van der Waals surface area contributed by atoms with Gasteiger partial charge in [0.2, 0.25) is 0 Å². The van der Waals surface area contributed by atoms with Crippen LogP contribution in [0.25, 0.3) is 0 Å². The number of likely N-dealkylation sites (N-methyl/N-ethyl adjacent to an activating group) is 1. The maximum atomic E-state index is 12.5. The van der Waals surface area contributed by atoms with Crippen molar-refractivity contribution in [2.75, 3.05) is 7.05 Å². The largest absolute Gasteiger partial charge is 0.451 e. The van der Waals surface area contributed by atoms with Gasteiger partial charge in [-0.1, -0.05) is 25.3 Å². The topological polar surface area (TPSA) is 119 Å². The van der Waals surface area contributed by atoms with E-state index >= 15 is 0 Å². The van der Waals surface area contributed by atoms with Crippen molar-refractivity contribution < 1.29 is 24.0 Å². The van der Waals surface area contributed by atoms with Gasteiger partial charge >= 0.3 is 5.97 Å². The van der Waals surface area contributed by atoms with Crippen LogP contribution in [0.2, 0.25) is 0 Å². The Morgan fingerprint density at radius 2 is 1.86 bits per heavy atom. The van der Waals surface area contributed by atoms with Crippen LogP contribution in [0.4, 0.5) is 5.69 Å². The molecule has 1 aromatic rings. The molecule has 1 aromatic carbocycles. The highest BCUT2D eigenvalue weighted by molar-refractivity contribution is 5.97. The van der Waals surface area contributed by atoms with Gasteiger partial charge in [-0.15, -0.1) is 0 Å². The maximum Gasteiger partial charge on any atom is 0.329 e. The van der Waals surface area contributed by atoms with E-state index in [0.29, 0.717) is 0 Å². The zero-order valence-corrected chi connectivity index (χ0v) is 16.9. The molecule has 0 unspecified atom stereocenters. The van der Waals surface area contributed by atoms with E-state index < -0.39 is 28.9 Å². The number of rotatable bonds is 7. The molecule has 9 nitrogen and oxygen atoms in total. The molecule has 9 heteroatoms. The average Bonchev–Trinajstić information content (AvgIpc) is 2.73. The van der Waals surface area contributed by atoms with Crippen LogP contribution in [-0.4, -0.2) is 52.8 Å². The van der Waals surface area contributed by atoms with Crippen LogP contribution < -0.4 is 5.32 Å². The zero-order chi connectivity index (χ0) is 21.6. The van der Waals surface area contributed by atoms with Crippen LogP contribution in [0.3, 0.4) is 0 Å². The molecule has 0 spiro atoms. The van der Waals surface area contributed by atoms with E-state index in [1.54, 1.807) is 11.9 Å². The third-order valence-electron chi connectivity index (χ3n) is 5.13. The second-order valence-corrected chi connectivity index (χ2v) is 7.32. The first-order valence-electron chi connectivity index (χ1n) is 9.73. The van der Waals surface area contributed by atoms with E-state index in [9.17, 15) is 24.5 Å². The number of non-ortho nitro benzene ring substituents is 1. The lowest BCUT2D eigenvalue weighted by Gasteiger charge is -2.32. The van der Waals surface area contributed by atoms with Crippen LogP contribution in [0.15, 0.2) is 24.3 Å². The summed E-state index contributed by atoms with van der Waals surface area (Å²) in [6, 6.07) is 4.33. The molecule has 1 aliphatic carbocycles. The monoisotopic (exact) mass is 405 g/mol. The summed E-state index contributed by atoms with van der Waals surface area (Å²) in [5.41, 5.74) is -0.169. The van der Waals surface area contributed by atoms with E-state index in [-0.39, 0.29) is 23.2 Å². The summed E-state index contributed by atoms with van der Waals surface area (Å²) in [6.45, 7) is 2.94. The van der Waals surface area contributed by atoms with Gasteiger partial charge in [0.25, 0.3) is 17.5 Å². The minimum absolute atomic E-state index is 0.0556. The first kappa shape index (κ1) is 22.3. The molecule has 1 aliphatic rings. The van der Waals surface area contributed by atoms with E-state index in [4.69, 9.17) is 4.74 Å². The molecule has 2 rings (SSSR count). The molecule has 0 heterocycles. The molecule has 0 saturated heterocycles. The van der Waals surface area contributed by atoms with Gasteiger partial charge in [-0.2, -0.15) is 0 Å². The molecule has 1 fully saturated rings. The Hall–Kier alpha value is -2.97. The smallest absolute Gasteiger partial charge is 0.329 e. The fourth-order valence-electron chi connectivity index (χ4n) is 3.36. The first-order valence-corrected chi connectivity index (χ1v) is 9.73. The van der Waals surface area contributed by atoms with Gasteiger partial charge in [0.1, 0.15) is 6.04 Å². The van der Waals surface area contributed by atoms with E-state index in [0.717, 1.165) is 31.7 Å². The number of benzene rings is 1. The van der Waals surface area contributed by atoms with Crippen LogP contribution in [-0.2, 0) is 14.3 Å². The SMILES string of the molecule is C[C@@H](NC(=O)c1cccc([N+](=O)[O-])c1)C(=O)O[C@H](C)C(=O)N(C)C1CCCCC1. The number of hydrogen-bond donors (Lipinski definition) is 1. The van der Waals surface area contributed by atoms with Crippen LogP contribution in [0.5, 0.6) is 0 Å². The van der Waals surface area contributed by atoms with Gasteiger partial charge in [0.15, 0.2) is 6.10 Å². The van der Waals surface area contributed by atoms with Crippen LogP contribution in [0.1, 0.15) is 56.3 Å². The normalized spacial score (nSPS) is 16.4. The number of nitrogens with one attached hydrogen (secondary N) is 1. The number of hydrogen-bond acceptors (Lipinski definition) is 6. The molecular formula is C20H27N3O6. The molecule has 0 bridgehead atoms. The Kier molecular flexibility index (Phi) is 7.69. The predicted molar refractivity (Wildman–Crippen MR) is 105 cm³/mol. The molecule has 0 radical (unpaired) electrons. The third-order valence-corrected chi connectivity index (χ3v) is 5.13. The number of carbonyl (C=O) groups is 3. The number of nitro benzene ring substituents is 1. The number of ether oxygens (including phenoxy) is 1. The van der Waals surface area contributed by atoms with Gasteiger partial charge < -0.3 is 15.0 Å². The molecule has 0 aromatic heterocycles. The summed E-state index contributed by atoms with van der Waals surface area (Å²) in [5.74, 6) is -1.67. The number of nitrogens with zero attached hydrogens (tertiary/aromatic N) is 2. The fraction of sp³-hybridized carbons (Fsp3) is 0.550. The number of nitro groups is 1. The molecular weight excluding hydrogens is 378 g/mol. The van der Waals surface area contributed by atoms with Gasteiger partial charge in [-0.25, -0.2) is 4.79 Å². The fourth-order valence-corrected chi connectivity index (χ4v) is 3.36. The van der Waals surface area contributed by atoms with Crippen molar-refractivity contribution in [2.45, 2.75) is 64.1 Å². The molecule has 2 atom stereocenters. The molecule has 1 saturated carbocycles. The third kappa shape index (κ3) is 6.00. The maximum absolute atomic E-state index is 12.5. The minimum Gasteiger partial charge on any atom is -0.451 e. The lowest BCUT2D eigenvalue weighted by Crippen LogP contribution is -2.46. The molecule has 1 N–H and O–H groups in total. The lowest BCUT2D eigenvalue weighted by atomic mass is 9.94. The van der Waals surface area contributed by atoms with Crippen molar-refractivity contribution in [2.24, 2.45) is 0 Å². The van der Waals surface area contributed by atoms with Gasteiger partial charge in [0.05, 0.1) is 4.92 Å². The molecule has 29 heavy (non-hydrogen) atoms. The minimum atomic E-state index is -1.02. The highest BCUT2D eigenvalue weighted by Crippen LogP contribution is 2.22. The number of amides is 2. The quantitative estimate of drug-likeness (QED) is 0.423.